The summed E-state index contributed by atoms with van der Waals surface area (Å²) in [6.07, 6.45) is 2.34. The number of morpholine rings is 1. The SMILES string of the molecule is c1cc(-c2csnn2)ccc1CCCN1CCOCC1. The third-order valence-corrected chi connectivity index (χ3v) is 4.16. The first-order chi connectivity index (χ1) is 9.92. The predicted molar refractivity (Wildman–Crippen MR) is 80.9 cm³/mol. The molecular weight excluding hydrogens is 270 g/mol. The quantitative estimate of drug-likeness (QED) is 0.847. The van der Waals surface area contributed by atoms with Gasteiger partial charge in [-0.15, -0.1) is 5.10 Å². The van der Waals surface area contributed by atoms with Gasteiger partial charge in [-0.2, -0.15) is 0 Å². The Morgan fingerprint density at radius 2 is 1.95 bits per heavy atom. The number of hydrogen-bond donors (Lipinski definition) is 0. The maximum absolute atomic E-state index is 5.36. The van der Waals surface area contributed by atoms with Crippen molar-refractivity contribution >= 4 is 11.5 Å². The van der Waals surface area contributed by atoms with Crippen LogP contribution >= 0.6 is 11.5 Å². The largest absolute Gasteiger partial charge is 0.379 e. The molecule has 0 bridgehead atoms. The first-order valence-corrected chi connectivity index (χ1v) is 7.92. The summed E-state index contributed by atoms with van der Waals surface area (Å²) in [4.78, 5) is 2.48. The summed E-state index contributed by atoms with van der Waals surface area (Å²) in [5.74, 6) is 0. The summed E-state index contributed by atoms with van der Waals surface area (Å²) in [5.41, 5.74) is 3.51. The Bertz CT molecular complexity index is 506. The highest BCUT2D eigenvalue weighted by molar-refractivity contribution is 7.03. The van der Waals surface area contributed by atoms with E-state index < -0.39 is 0 Å². The van der Waals surface area contributed by atoms with Crippen molar-refractivity contribution in [3.05, 3.63) is 35.2 Å². The minimum Gasteiger partial charge on any atom is -0.379 e. The second kappa shape index (κ2) is 6.92. The Kier molecular flexibility index (Phi) is 4.73. The zero-order valence-corrected chi connectivity index (χ0v) is 12.3. The standard InChI is InChI=1S/C15H19N3OS/c1(7-18-8-10-19-11-9-18)2-13-3-5-14(6-4-13)15-12-20-17-16-15/h3-6,12H,1-2,7-11H2. The molecule has 106 valence electrons. The van der Waals surface area contributed by atoms with Crippen LogP contribution in [0.3, 0.4) is 0 Å². The van der Waals surface area contributed by atoms with E-state index in [1.54, 1.807) is 0 Å². The van der Waals surface area contributed by atoms with Crippen molar-refractivity contribution in [2.24, 2.45) is 0 Å². The van der Waals surface area contributed by atoms with E-state index in [4.69, 9.17) is 4.74 Å². The van der Waals surface area contributed by atoms with Gasteiger partial charge in [0.05, 0.1) is 13.2 Å². The molecule has 2 heterocycles. The summed E-state index contributed by atoms with van der Waals surface area (Å²) < 4.78 is 9.26. The van der Waals surface area contributed by atoms with Crippen LogP contribution in [0.2, 0.25) is 0 Å². The fourth-order valence-corrected chi connectivity index (χ4v) is 2.93. The molecular formula is C15H19N3OS. The van der Waals surface area contributed by atoms with E-state index >= 15 is 0 Å². The summed E-state index contributed by atoms with van der Waals surface area (Å²) in [5, 5.41) is 6.07. The number of ether oxygens (including phenoxy) is 1. The van der Waals surface area contributed by atoms with Gasteiger partial charge in [0.15, 0.2) is 0 Å². The molecule has 0 atom stereocenters. The van der Waals surface area contributed by atoms with Gasteiger partial charge in [-0.1, -0.05) is 28.8 Å². The van der Waals surface area contributed by atoms with Crippen LogP contribution < -0.4 is 0 Å². The molecule has 0 radical (unpaired) electrons. The normalized spacial score (nSPS) is 16.4. The molecule has 1 aliphatic rings. The average molecular weight is 289 g/mol. The van der Waals surface area contributed by atoms with E-state index in [9.17, 15) is 0 Å². The molecule has 4 nitrogen and oxygen atoms in total. The van der Waals surface area contributed by atoms with Gasteiger partial charge in [0, 0.05) is 24.0 Å². The zero-order valence-electron chi connectivity index (χ0n) is 11.5. The molecule has 0 spiro atoms. The molecule has 1 fully saturated rings. The highest BCUT2D eigenvalue weighted by Gasteiger charge is 2.09. The van der Waals surface area contributed by atoms with Crippen molar-refractivity contribution in [3.8, 4) is 11.3 Å². The van der Waals surface area contributed by atoms with Gasteiger partial charge < -0.3 is 4.74 Å². The van der Waals surface area contributed by atoms with Crippen LogP contribution in [0.25, 0.3) is 11.3 Å². The van der Waals surface area contributed by atoms with Crippen LogP contribution in [0.15, 0.2) is 29.6 Å². The lowest BCUT2D eigenvalue weighted by molar-refractivity contribution is 0.0375. The summed E-state index contributed by atoms with van der Waals surface area (Å²) in [6, 6.07) is 8.68. The molecule has 5 heteroatoms. The first kappa shape index (κ1) is 13.7. The molecule has 2 aromatic rings. The van der Waals surface area contributed by atoms with Gasteiger partial charge in [-0.05, 0) is 36.5 Å². The Labute approximate surface area is 123 Å². The highest BCUT2D eigenvalue weighted by Crippen LogP contribution is 2.18. The lowest BCUT2D eigenvalue weighted by Gasteiger charge is -2.26. The molecule has 1 aliphatic heterocycles. The Balaban J connectivity index is 1.48. The van der Waals surface area contributed by atoms with E-state index in [1.165, 1.54) is 30.1 Å². The number of nitrogens with zero attached hydrogens (tertiary/aromatic N) is 3. The number of aromatic nitrogens is 2. The predicted octanol–water partition coefficient (Wildman–Crippen LogP) is 2.47. The van der Waals surface area contributed by atoms with Gasteiger partial charge in [0.25, 0.3) is 0 Å². The fourth-order valence-electron chi connectivity index (χ4n) is 2.46. The minimum atomic E-state index is 0.885. The van der Waals surface area contributed by atoms with Crippen molar-refractivity contribution in [2.75, 3.05) is 32.8 Å². The summed E-state index contributed by atoms with van der Waals surface area (Å²) >= 11 is 1.39. The molecule has 0 saturated carbocycles. The van der Waals surface area contributed by atoms with Crippen LogP contribution in [0.4, 0.5) is 0 Å². The Morgan fingerprint density at radius 3 is 2.65 bits per heavy atom. The lowest BCUT2D eigenvalue weighted by atomic mass is 10.1. The van der Waals surface area contributed by atoms with Crippen LogP contribution in [-0.4, -0.2) is 47.3 Å². The maximum atomic E-state index is 5.36. The van der Waals surface area contributed by atoms with Crippen LogP contribution in [0.1, 0.15) is 12.0 Å². The molecule has 0 N–H and O–H groups in total. The Hall–Kier alpha value is -1.30. The van der Waals surface area contributed by atoms with Gasteiger partial charge in [-0.25, -0.2) is 0 Å². The molecule has 3 rings (SSSR count). The van der Waals surface area contributed by atoms with E-state index in [0.29, 0.717) is 0 Å². The average Bonchev–Trinajstić information content (AvgIpc) is 3.03. The molecule has 0 aliphatic carbocycles. The third-order valence-electron chi connectivity index (χ3n) is 3.65. The van der Waals surface area contributed by atoms with Crippen LogP contribution in [0.5, 0.6) is 0 Å². The second-order valence-electron chi connectivity index (χ2n) is 5.04. The molecule has 1 aromatic carbocycles. The third kappa shape index (κ3) is 3.62. The molecule has 0 amide bonds. The molecule has 1 saturated heterocycles. The summed E-state index contributed by atoms with van der Waals surface area (Å²) in [6.45, 7) is 5.10. The van der Waals surface area contributed by atoms with Crippen LogP contribution in [0, 0.1) is 0 Å². The van der Waals surface area contributed by atoms with Gasteiger partial charge in [0.2, 0.25) is 0 Å². The number of hydrogen-bond acceptors (Lipinski definition) is 5. The lowest BCUT2D eigenvalue weighted by Crippen LogP contribution is -2.36. The van der Waals surface area contributed by atoms with Gasteiger partial charge in [0.1, 0.15) is 5.69 Å². The molecule has 1 aromatic heterocycles. The van der Waals surface area contributed by atoms with Crippen molar-refractivity contribution in [3.63, 3.8) is 0 Å². The summed E-state index contributed by atoms with van der Waals surface area (Å²) in [7, 11) is 0. The topological polar surface area (TPSA) is 38.2 Å². The maximum Gasteiger partial charge on any atom is 0.105 e. The molecule has 0 unspecified atom stereocenters. The van der Waals surface area contributed by atoms with Crippen molar-refractivity contribution in [2.45, 2.75) is 12.8 Å². The van der Waals surface area contributed by atoms with Gasteiger partial charge >= 0.3 is 0 Å². The highest BCUT2D eigenvalue weighted by atomic mass is 32.1. The molecule has 20 heavy (non-hydrogen) atoms. The van der Waals surface area contributed by atoms with E-state index in [2.05, 4.69) is 38.8 Å². The number of aryl methyl sites for hydroxylation is 1. The fraction of sp³-hybridized carbons (Fsp3) is 0.467. The Morgan fingerprint density at radius 1 is 1.15 bits per heavy atom. The van der Waals surface area contributed by atoms with E-state index in [-0.39, 0.29) is 0 Å². The van der Waals surface area contributed by atoms with E-state index in [0.717, 1.165) is 44.0 Å². The van der Waals surface area contributed by atoms with Crippen LogP contribution in [-0.2, 0) is 11.2 Å². The van der Waals surface area contributed by atoms with Gasteiger partial charge in [-0.3, -0.25) is 4.90 Å². The number of rotatable bonds is 5. The first-order valence-electron chi connectivity index (χ1n) is 7.08. The second-order valence-corrected chi connectivity index (χ2v) is 5.65. The van der Waals surface area contributed by atoms with Crippen molar-refractivity contribution in [1.29, 1.82) is 0 Å². The van der Waals surface area contributed by atoms with E-state index in [1.807, 2.05) is 5.38 Å². The number of benzene rings is 1. The zero-order chi connectivity index (χ0) is 13.6. The monoisotopic (exact) mass is 289 g/mol. The smallest absolute Gasteiger partial charge is 0.105 e. The van der Waals surface area contributed by atoms with Crippen molar-refractivity contribution in [1.82, 2.24) is 14.5 Å². The van der Waals surface area contributed by atoms with Crippen molar-refractivity contribution < 1.29 is 4.74 Å². The minimum absolute atomic E-state index is 0.885.